The van der Waals surface area contributed by atoms with Crippen LogP contribution in [0.2, 0.25) is 0 Å². The first-order valence-electron chi connectivity index (χ1n) is 5.52. The van der Waals surface area contributed by atoms with Crippen LogP contribution in [0.15, 0.2) is 22.8 Å². The number of furan rings is 1. The molecule has 1 aromatic rings. The first kappa shape index (κ1) is 15.2. The van der Waals surface area contributed by atoms with Crippen LogP contribution in [-0.2, 0) is 14.4 Å². The molecule has 20 heavy (non-hydrogen) atoms. The van der Waals surface area contributed by atoms with Crippen LogP contribution in [-0.4, -0.2) is 41.4 Å². The van der Waals surface area contributed by atoms with E-state index in [-0.39, 0.29) is 5.76 Å². The summed E-state index contributed by atoms with van der Waals surface area (Å²) in [7, 11) is 0. The Labute approximate surface area is 113 Å². The molecular weight excluding hydrogens is 270 g/mol. The van der Waals surface area contributed by atoms with E-state index in [0.717, 1.165) is 0 Å². The third-order valence-electron chi connectivity index (χ3n) is 2.19. The summed E-state index contributed by atoms with van der Waals surface area (Å²) >= 11 is 0. The molecule has 0 unspecified atom stereocenters. The van der Waals surface area contributed by atoms with E-state index in [1.807, 2.05) is 0 Å². The molecule has 1 aromatic heterocycles. The van der Waals surface area contributed by atoms with Crippen molar-refractivity contribution in [3.05, 3.63) is 24.2 Å². The van der Waals surface area contributed by atoms with Crippen molar-refractivity contribution in [1.82, 2.24) is 10.6 Å². The zero-order chi connectivity index (χ0) is 15.1. The van der Waals surface area contributed by atoms with E-state index in [2.05, 4.69) is 10.6 Å². The van der Waals surface area contributed by atoms with E-state index in [1.165, 1.54) is 18.4 Å². The van der Waals surface area contributed by atoms with E-state index in [9.17, 15) is 19.2 Å². The first-order chi connectivity index (χ1) is 9.40. The minimum Gasteiger partial charge on any atom is -0.480 e. The molecule has 0 bridgehead atoms. The molecule has 0 aliphatic carbocycles. The van der Waals surface area contributed by atoms with Gasteiger partial charge < -0.3 is 25.9 Å². The largest absolute Gasteiger partial charge is 0.480 e. The molecule has 0 saturated heterocycles. The van der Waals surface area contributed by atoms with Gasteiger partial charge in [-0.15, -0.1) is 0 Å². The molecule has 0 radical (unpaired) electrons. The Bertz CT molecular complexity index is 510. The number of hydrogen-bond donors (Lipinski definition) is 4. The zero-order valence-corrected chi connectivity index (χ0v) is 10.3. The molecule has 1 heterocycles. The van der Waals surface area contributed by atoms with E-state index >= 15 is 0 Å². The third-order valence-corrected chi connectivity index (χ3v) is 2.19. The average Bonchev–Trinajstić information content (AvgIpc) is 2.88. The molecule has 1 atom stereocenters. The summed E-state index contributed by atoms with van der Waals surface area (Å²) < 4.78 is 4.80. The molecule has 9 heteroatoms. The van der Waals surface area contributed by atoms with Crippen LogP contribution in [0.4, 0.5) is 0 Å². The van der Waals surface area contributed by atoms with Gasteiger partial charge in [-0.1, -0.05) is 0 Å². The van der Waals surface area contributed by atoms with Crippen molar-refractivity contribution in [3.8, 4) is 0 Å². The van der Waals surface area contributed by atoms with Gasteiger partial charge in [0, 0.05) is 0 Å². The van der Waals surface area contributed by atoms with Crippen molar-refractivity contribution in [2.45, 2.75) is 12.5 Å². The highest BCUT2D eigenvalue weighted by atomic mass is 16.4. The van der Waals surface area contributed by atoms with Gasteiger partial charge in [-0.25, -0.2) is 4.79 Å². The summed E-state index contributed by atoms with van der Waals surface area (Å²) in [6.07, 6.45) is 0.759. The van der Waals surface area contributed by atoms with Crippen molar-refractivity contribution >= 4 is 23.7 Å². The van der Waals surface area contributed by atoms with Crippen LogP contribution >= 0.6 is 0 Å². The minimum atomic E-state index is -1.43. The number of nitrogens with one attached hydrogen (secondary N) is 2. The molecule has 0 fully saturated rings. The lowest BCUT2D eigenvalue weighted by Gasteiger charge is -2.12. The number of primary amides is 1. The average molecular weight is 283 g/mol. The fraction of sp³-hybridized carbons (Fsp3) is 0.273. The highest BCUT2D eigenvalue weighted by molar-refractivity contribution is 5.95. The highest BCUT2D eigenvalue weighted by Crippen LogP contribution is 1.98. The molecular formula is C11H13N3O6. The Kier molecular flexibility index (Phi) is 5.27. The summed E-state index contributed by atoms with van der Waals surface area (Å²) in [5.74, 6) is -3.62. The maximum atomic E-state index is 11.4. The fourth-order valence-electron chi connectivity index (χ4n) is 1.30. The van der Waals surface area contributed by atoms with Crippen LogP contribution in [0.1, 0.15) is 17.0 Å². The van der Waals surface area contributed by atoms with Gasteiger partial charge >= 0.3 is 5.97 Å². The second-order valence-corrected chi connectivity index (χ2v) is 3.79. The highest BCUT2D eigenvalue weighted by Gasteiger charge is 2.22. The van der Waals surface area contributed by atoms with Crippen LogP contribution in [0.5, 0.6) is 0 Å². The molecule has 3 amide bonds. The Morgan fingerprint density at radius 1 is 1.35 bits per heavy atom. The SMILES string of the molecule is NC(=O)C[C@@H](NC(=O)CNC(=O)c1ccco1)C(=O)O. The van der Waals surface area contributed by atoms with E-state index < -0.39 is 42.7 Å². The van der Waals surface area contributed by atoms with Gasteiger partial charge in [0.1, 0.15) is 6.04 Å². The number of aliphatic carboxylic acids is 1. The molecule has 0 aromatic carbocycles. The first-order valence-corrected chi connectivity index (χ1v) is 5.52. The van der Waals surface area contributed by atoms with E-state index in [0.29, 0.717) is 0 Å². The van der Waals surface area contributed by atoms with Gasteiger partial charge in [-0.2, -0.15) is 0 Å². The van der Waals surface area contributed by atoms with Gasteiger partial charge in [0.2, 0.25) is 11.8 Å². The third kappa shape index (κ3) is 4.80. The quantitative estimate of drug-likeness (QED) is 0.475. The smallest absolute Gasteiger partial charge is 0.326 e. The number of hydrogen-bond acceptors (Lipinski definition) is 5. The molecule has 0 saturated carbocycles. The summed E-state index contributed by atoms with van der Waals surface area (Å²) in [6, 6.07) is 1.48. The predicted molar refractivity (Wildman–Crippen MR) is 64.4 cm³/mol. The van der Waals surface area contributed by atoms with Gasteiger partial charge in [0.25, 0.3) is 5.91 Å². The second kappa shape index (κ2) is 6.92. The van der Waals surface area contributed by atoms with Gasteiger partial charge in [0.05, 0.1) is 19.2 Å². The maximum absolute atomic E-state index is 11.4. The van der Waals surface area contributed by atoms with Crippen molar-refractivity contribution in [1.29, 1.82) is 0 Å². The lowest BCUT2D eigenvalue weighted by atomic mass is 10.2. The van der Waals surface area contributed by atoms with Crippen molar-refractivity contribution < 1.29 is 28.7 Å². The Balaban J connectivity index is 2.44. The lowest BCUT2D eigenvalue weighted by Crippen LogP contribution is -2.47. The Morgan fingerprint density at radius 2 is 2.05 bits per heavy atom. The zero-order valence-electron chi connectivity index (χ0n) is 10.3. The van der Waals surface area contributed by atoms with Crippen molar-refractivity contribution in [3.63, 3.8) is 0 Å². The van der Waals surface area contributed by atoms with Gasteiger partial charge in [-0.3, -0.25) is 14.4 Å². The number of amides is 3. The van der Waals surface area contributed by atoms with E-state index in [1.54, 1.807) is 0 Å². The number of carboxylic acids is 1. The van der Waals surface area contributed by atoms with Crippen molar-refractivity contribution in [2.75, 3.05) is 6.54 Å². The molecule has 108 valence electrons. The number of carbonyl (C=O) groups excluding carboxylic acids is 3. The summed E-state index contributed by atoms with van der Waals surface area (Å²) in [6.45, 7) is -0.456. The monoisotopic (exact) mass is 283 g/mol. The van der Waals surface area contributed by atoms with Gasteiger partial charge in [0.15, 0.2) is 5.76 Å². The maximum Gasteiger partial charge on any atom is 0.326 e. The Hall–Kier alpha value is -2.84. The second-order valence-electron chi connectivity index (χ2n) is 3.79. The number of carboxylic acid groups (broad SMARTS) is 1. The van der Waals surface area contributed by atoms with Crippen LogP contribution in [0.3, 0.4) is 0 Å². The molecule has 0 spiro atoms. The molecule has 0 aliphatic heterocycles. The summed E-state index contributed by atoms with van der Waals surface area (Å²) in [5.41, 5.74) is 4.86. The number of rotatable bonds is 7. The van der Waals surface area contributed by atoms with Crippen LogP contribution in [0.25, 0.3) is 0 Å². The standard InChI is InChI=1S/C11H13N3O6/c12-8(15)4-6(11(18)19)14-9(16)5-13-10(17)7-2-1-3-20-7/h1-3,6H,4-5H2,(H2,12,15)(H,13,17)(H,14,16)(H,18,19)/t6-/m1/s1. The molecule has 0 aliphatic rings. The van der Waals surface area contributed by atoms with E-state index in [4.69, 9.17) is 15.3 Å². The Morgan fingerprint density at radius 3 is 2.55 bits per heavy atom. The predicted octanol–water partition coefficient (Wildman–Crippen LogP) is -1.55. The lowest BCUT2D eigenvalue weighted by molar-refractivity contribution is -0.143. The summed E-state index contributed by atoms with van der Waals surface area (Å²) in [5, 5.41) is 13.1. The number of carbonyl (C=O) groups is 4. The minimum absolute atomic E-state index is 0.0183. The summed E-state index contributed by atoms with van der Waals surface area (Å²) in [4.78, 5) is 44.3. The molecule has 9 nitrogen and oxygen atoms in total. The topological polar surface area (TPSA) is 152 Å². The normalized spacial score (nSPS) is 11.4. The fourth-order valence-corrected chi connectivity index (χ4v) is 1.30. The molecule has 5 N–H and O–H groups in total. The van der Waals surface area contributed by atoms with Crippen LogP contribution < -0.4 is 16.4 Å². The molecule has 1 rings (SSSR count). The van der Waals surface area contributed by atoms with Crippen LogP contribution in [0, 0.1) is 0 Å². The van der Waals surface area contributed by atoms with Crippen molar-refractivity contribution in [2.24, 2.45) is 5.73 Å². The van der Waals surface area contributed by atoms with Gasteiger partial charge in [-0.05, 0) is 12.1 Å². The number of nitrogens with two attached hydrogens (primary N) is 1.